The Hall–Kier alpha value is -2.56. The third-order valence-electron chi connectivity index (χ3n) is 3.20. The molecule has 5 nitrogen and oxygen atoms in total. The molecular formula is C17H21N3O2. The van der Waals surface area contributed by atoms with Gasteiger partial charge in [0.1, 0.15) is 5.69 Å². The molecule has 0 saturated carbocycles. The van der Waals surface area contributed by atoms with Gasteiger partial charge in [0.05, 0.1) is 0 Å². The predicted octanol–water partition coefficient (Wildman–Crippen LogP) is 3.26. The Morgan fingerprint density at radius 1 is 1.05 bits per heavy atom. The van der Waals surface area contributed by atoms with Crippen LogP contribution in [0.2, 0.25) is 0 Å². The summed E-state index contributed by atoms with van der Waals surface area (Å²) in [7, 11) is 1.82. The maximum atomic E-state index is 12.1. The van der Waals surface area contributed by atoms with Crippen LogP contribution in [0.1, 0.15) is 30.8 Å². The van der Waals surface area contributed by atoms with Crippen LogP contribution in [-0.2, 0) is 11.8 Å². The summed E-state index contributed by atoms with van der Waals surface area (Å²) >= 11 is 0. The normalized spacial score (nSPS) is 10.5. The average molecular weight is 299 g/mol. The maximum absolute atomic E-state index is 12.1. The van der Waals surface area contributed by atoms with Crippen LogP contribution in [0, 0.1) is 5.92 Å². The molecule has 0 aliphatic rings. The molecule has 1 aromatic carbocycles. The summed E-state index contributed by atoms with van der Waals surface area (Å²) in [5.74, 6) is 0.156. The molecule has 2 aromatic rings. The second-order valence-corrected chi connectivity index (χ2v) is 5.68. The number of aryl methyl sites for hydroxylation is 1. The smallest absolute Gasteiger partial charge is 0.272 e. The van der Waals surface area contributed by atoms with Crippen molar-refractivity contribution in [1.29, 1.82) is 0 Å². The van der Waals surface area contributed by atoms with Crippen LogP contribution in [0.15, 0.2) is 42.6 Å². The van der Waals surface area contributed by atoms with Gasteiger partial charge in [0.15, 0.2) is 0 Å². The Morgan fingerprint density at radius 3 is 2.14 bits per heavy atom. The molecule has 0 saturated heterocycles. The quantitative estimate of drug-likeness (QED) is 0.890. The summed E-state index contributed by atoms with van der Waals surface area (Å²) in [6.45, 7) is 4.00. The second-order valence-electron chi connectivity index (χ2n) is 5.68. The first kappa shape index (κ1) is 15.8. The van der Waals surface area contributed by atoms with Crippen LogP contribution < -0.4 is 10.6 Å². The molecule has 0 aliphatic carbocycles. The zero-order chi connectivity index (χ0) is 16.1. The molecule has 0 unspecified atom stereocenters. The zero-order valence-electron chi connectivity index (χ0n) is 13.1. The van der Waals surface area contributed by atoms with Gasteiger partial charge in [-0.05, 0) is 42.3 Å². The minimum atomic E-state index is -0.163. The highest BCUT2D eigenvalue weighted by molar-refractivity contribution is 6.03. The van der Waals surface area contributed by atoms with E-state index in [9.17, 15) is 9.59 Å². The molecule has 0 radical (unpaired) electrons. The topological polar surface area (TPSA) is 63.1 Å². The zero-order valence-corrected chi connectivity index (χ0v) is 13.1. The van der Waals surface area contributed by atoms with E-state index in [1.165, 1.54) is 0 Å². The minimum absolute atomic E-state index is 0.00408. The summed E-state index contributed by atoms with van der Waals surface area (Å²) in [4.78, 5) is 23.8. The Morgan fingerprint density at radius 2 is 1.64 bits per heavy atom. The molecule has 0 bridgehead atoms. The van der Waals surface area contributed by atoms with E-state index in [2.05, 4.69) is 10.6 Å². The SMILES string of the molecule is CC(C)CC(=O)Nc1ccc(NC(=O)c2cccn2C)cc1. The van der Waals surface area contributed by atoms with Gasteiger partial charge in [0.25, 0.3) is 5.91 Å². The van der Waals surface area contributed by atoms with Gasteiger partial charge in [0, 0.05) is 31.0 Å². The minimum Gasteiger partial charge on any atom is -0.347 e. The number of carbonyl (C=O) groups excluding carboxylic acids is 2. The lowest BCUT2D eigenvalue weighted by atomic mass is 10.1. The third-order valence-corrected chi connectivity index (χ3v) is 3.20. The highest BCUT2D eigenvalue weighted by Crippen LogP contribution is 2.15. The van der Waals surface area contributed by atoms with Crippen molar-refractivity contribution in [3.63, 3.8) is 0 Å². The van der Waals surface area contributed by atoms with Crippen molar-refractivity contribution in [2.45, 2.75) is 20.3 Å². The summed E-state index contributed by atoms with van der Waals surface area (Å²) in [6, 6.07) is 10.7. The van der Waals surface area contributed by atoms with E-state index in [-0.39, 0.29) is 11.8 Å². The van der Waals surface area contributed by atoms with Gasteiger partial charge in [0.2, 0.25) is 5.91 Å². The molecule has 0 spiro atoms. The highest BCUT2D eigenvalue weighted by Gasteiger charge is 2.09. The summed E-state index contributed by atoms with van der Waals surface area (Å²) in [6.07, 6.45) is 2.31. The Bertz CT molecular complexity index is 657. The van der Waals surface area contributed by atoms with Crippen LogP contribution in [-0.4, -0.2) is 16.4 Å². The Labute approximate surface area is 130 Å². The third kappa shape index (κ3) is 4.22. The van der Waals surface area contributed by atoms with Gasteiger partial charge in [-0.15, -0.1) is 0 Å². The van der Waals surface area contributed by atoms with Crippen molar-refractivity contribution in [3.05, 3.63) is 48.3 Å². The Balaban J connectivity index is 1.96. The van der Waals surface area contributed by atoms with Gasteiger partial charge in [-0.25, -0.2) is 0 Å². The number of nitrogens with one attached hydrogen (secondary N) is 2. The molecule has 0 fully saturated rings. The number of carbonyl (C=O) groups is 2. The summed E-state index contributed by atoms with van der Waals surface area (Å²) in [5, 5.41) is 5.66. The van der Waals surface area contributed by atoms with Crippen molar-refractivity contribution in [3.8, 4) is 0 Å². The lowest BCUT2D eigenvalue weighted by Crippen LogP contribution is -2.16. The van der Waals surface area contributed by atoms with Gasteiger partial charge in [-0.1, -0.05) is 13.8 Å². The van der Waals surface area contributed by atoms with E-state index in [1.54, 1.807) is 34.9 Å². The van der Waals surface area contributed by atoms with E-state index in [0.29, 0.717) is 23.7 Å². The molecule has 1 aromatic heterocycles. The van der Waals surface area contributed by atoms with E-state index in [4.69, 9.17) is 0 Å². The number of anilines is 2. The molecule has 116 valence electrons. The fraction of sp³-hybridized carbons (Fsp3) is 0.294. The monoisotopic (exact) mass is 299 g/mol. The lowest BCUT2D eigenvalue weighted by Gasteiger charge is -2.09. The van der Waals surface area contributed by atoms with Crippen molar-refractivity contribution >= 4 is 23.2 Å². The lowest BCUT2D eigenvalue weighted by molar-refractivity contribution is -0.116. The average Bonchev–Trinajstić information content (AvgIpc) is 2.86. The first-order chi connectivity index (χ1) is 10.5. The largest absolute Gasteiger partial charge is 0.347 e. The molecular weight excluding hydrogens is 278 g/mol. The molecule has 2 amide bonds. The number of benzene rings is 1. The standard InChI is InChI=1S/C17H21N3O2/c1-12(2)11-16(21)18-13-6-8-14(9-7-13)19-17(22)15-5-4-10-20(15)3/h4-10,12H,11H2,1-3H3,(H,18,21)(H,19,22). The molecule has 2 rings (SSSR count). The van der Waals surface area contributed by atoms with Crippen molar-refractivity contribution in [2.24, 2.45) is 13.0 Å². The van der Waals surface area contributed by atoms with E-state index in [1.807, 2.05) is 33.2 Å². The van der Waals surface area contributed by atoms with E-state index < -0.39 is 0 Å². The van der Waals surface area contributed by atoms with Gasteiger partial charge in [-0.3, -0.25) is 9.59 Å². The van der Waals surface area contributed by atoms with Crippen LogP contribution in [0.3, 0.4) is 0 Å². The number of nitrogens with zero attached hydrogens (tertiary/aromatic N) is 1. The number of aromatic nitrogens is 1. The molecule has 0 aliphatic heterocycles. The molecule has 5 heteroatoms. The van der Waals surface area contributed by atoms with Gasteiger partial charge < -0.3 is 15.2 Å². The maximum Gasteiger partial charge on any atom is 0.272 e. The number of amides is 2. The highest BCUT2D eigenvalue weighted by atomic mass is 16.2. The predicted molar refractivity (Wildman–Crippen MR) is 87.9 cm³/mol. The molecule has 0 atom stereocenters. The summed E-state index contributed by atoms with van der Waals surface area (Å²) in [5.41, 5.74) is 2.00. The van der Waals surface area contributed by atoms with Crippen molar-refractivity contribution in [2.75, 3.05) is 10.6 Å². The number of hydrogen-bond donors (Lipinski definition) is 2. The fourth-order valence-electron chi connectivity index (χ4n) is 2.11. The van der Waals surface area contributed by atoms with E-state index >= 15 is 0 Å². The second kappa shape index (κ2) is 6.93. The number of hydrogen-bond acceptors (Lipinski definition) is 2. The first-order valence-corrected chi connectivity index (χ1v) is 7.28. The van der Waals surface area contributed by atoms with Crippen molar-refractivity contribution in [1.82, 2.24) is 4.57 Å². The molecule has 1 heterocycles. The molecule has 2 N–H and O–H groups in total. The van der Waals surface area contributed by atoms with Crippen molar-refractivity contribution < 1.29 is 9.59 Å². The van der Waals surface area contributed by atoms with E-state index in [0.717, 1.165) is 5.69 Å². The van der Waals surface area contributed by atoms with Crippen LogP contribution in [0.4, 0.5) is 11.4 Å². The molecule has 22 heavy (non-hydrogen) atoms. The van der Waals surface area contributed by atoms with Gasteiger partial charge >= 0.3 is 0 Å². The number of rotatable bonds is 5. The van der Waals surface area contributed by atoms with Crippen LogP contribution >= 0.6 is 0 Å². The first-order valence-electron chi connectivity index (χ1n) is 7.28. The van der Waals surface area contributed by atoms with Crippen LogP contribution in [0.25, 0.3) is 0 Å². The summed E-state index contributed by atoms with van der Waals surface area (Å²) < 4.78 is 1.76. The van der Waals surface area contributed by atoms with Crippen LogP contribution in [0.5, 0.6) is 0 Å². The Kier molecular flexibility index (Phi) is 4.99. The van der Waals surface area contributed by atoms with Gasteiger partial charge in [-0.2, -0.15) is 0 Å². The fourth-order valence-corrected chi connectivity index (χ4v) is 2.11.